The fourth-order valence-electron chi connectivity index (χ4n) is 4.80. The number of nitrogens with one attached hydrogen (secondary N) is 2. The summed E-state index contributed by atoms with van der Waals surface area (Å²) >= 11 is 0. The predicted octanol–water partition coefficient (Wildman–Crippen LogP) is 1.59. The van der Waals surface area contributed by atoms with Crippen LogP contribution in [-0.2, 0) is 20.0 Å². The molecule has 14 heteroatoms. The minimum atomic E-state index is -4.04. The number of para-hydroxylation sites is 1. The highest BCUT2D eigenvalue weighted by Gasteiger charge is 2.39. The molecule has 4 N–H and O–H groups in total. The Hall–Kier alpha value is -3.49. The quantitative estimate of drug-likeness (QED) is 0.348. The lowest BCUT2D eigenvalue weighted by atomic mass is 10.1. The SMILES string of the molecule is CS(=O)(=O)N(C1CCN(c2cc3nc(-c4c(N)c5ccccc5[nH]c4=O)[nH]c3cc2F)C1)S(C)(=O)=O. The number of hydrogen-bond donors (Lipinski definition) is 3. The van der Waals surface area contributed by atoms with Crippen molar-refractivity contribution in [2.45, 2.75) is 12.5 Å². The fourth-order valence-corrected chi connectivity index (χ4v) is 8.20. The number of anilines is 2. The van der Waals surface area contributed by atoms with Crippen molar-refractivity contribution in [3.05, 3.63) is 52.6 Å². The van der Waals surface area contributed by atoms with Crippen molar-refractivity contribution >= 4 is 53.4 Å². The zero-order valence-corrected chi connectivity index (χ0v) is 21.0. The van der Waals surface area contributed by atoms with E-state index >= 15 is 4.39 Å². The maximum absolute atomic E-state index is 15.1. The van der Waals surface area contributed by atoms with Crippen LogP contribution in [0.5, 0.6) is 0 Å². The van der Waals surface area contributed by atoms with Crippen LogP contribution in [-0.4, -0.2) is 67.1 Å². The average molecular weight is 535 g/mol. The van der Waals surface area contributed by atoms with Crippen molar-refractivity contribution in [3.8, 4) is 11.4 Å². The molecular formula is C22H23FN6O5S2. The number of rotatable bonds is 5. The standard InChI is InChI=1S/C22H23FN6O5S2/c1-35(31,32)29(36(2,33)34)12-7-8-28(11-12)18-10-17-16(9-14(18)23)25-21(26-17)19-20(24)13-5-3-4-6-15(13)27-22(19)30/h3-6,9-10,12H,7-8,11H2,1-2H3,(H,25,26)(H3,24,27,30). The molecule has 1 unspecified atom stereocenters. The van der Waals surface area contributed by atoms with Crippen molar-refractivity contribution in [3.63, 3.8) is 0 Å². The van der Waals surface area contributed by atoms with E-state index in [-0.39, 0.29) is 42.3 Å². The highest BCUT2D eigenvalue weighted by atomic mass is 32.3. The summed E-state index contributed by atoms with van der Waals surface area (Å²) in [6.07, 6.45) is 1.86. The number of benzene rings is 2. The average Bonchev–Trinajstić information content (AvgIpc) is 3.37. The maximum Gasteiger partial charge on any atom is 0.261 e. The fraction of sp³-hybridized carbons (Fsp3) is 0.273. The van der Waals surface area contributed by atoms with E-state index < -0.39 is 37.5 Å². The van der Waals surface area contributed by atoms with E-state index in [1.54, 1.807) is 29.2 Å². The maximum atomic E-state index is 15.1. The summed E-state index contributed by atoms with van der Waals surface area (Å²) in [5.41, 5.74) is 7.62. The van der Waals surface area contributed by atoms with Crippen molar-refractivity contribution in [1.29, 1.82) is 0 Å². The van der Waals surface area contributed by atoms with Crippen LogP contribution in [0.25, 0.3) is 33.3 Å². The lowest BCUT2D eigenvalue weighted by Gasteiger charge is -2.25. The molecule has 5 rings (SSSR count). The van der Waals surface area contributed by atoms with Crippen LogP contribution in [0.2, 0.25) is 0 Å². The number of hydrogen-bond acceptors (Lipinski definition) is 8. The van der Waals surface area contributed by atoms with Gasteiger partial charge in [-0.25, -0.2) is 26.2 Å². The molecular weight excluding hydrogens is 511 g/mol. The van der Waals surface area contributed by atoms with E-state index in [0.717, 1.165) is 12.5 Å². The van der Waals surface area contributed by atoms with E-state index in [1.165, 1.54) is 12.1 Å². The largest absolute Gasteiger partial charge is 0.397 e. The zero-order valence-electron chi connectivity index (χ0n) is 19.3. The first-order chi connectivity index (χ1) is 16.8. The van der Waals surface area contributed by atoms with Crippen molar-refractivity contribution < 1.29 is 21.2 Å². The van der Waals surface area contributed by atoms with Gasteiger partial charge in [0.1, 0.15) is 17.2 Å². The Morgan fingerprint density at radius 1 is 1.08 bits per heavy atom. The molecule has 1 aliphatic heterocycles. The van der Waals surface area contributed by atoms with Gasteiger partial charge in [0.15, 0.2) is 0 Å². The number of aromatic nitrogens is 3. The minimum Gasteiger partial charge on any atom is -0.397 e. The monoisotopic (exact) mass is 534 g/mol. The van der Waals surface area contributed by atoms with Gasteiger partial charge >= 0.3 is 0 Å². The van der Waals surface area contributed by atoms with Crippen LogP contribution >= 0.6 is 0 Å². The highest BCUT2D eigenvalue weighted by molar-refractivity contribution is 8.03. The molecule has 0 spiro atoms. The summed E-state index contributed by atoms with van der Waals surface area (Å²) in [5, 5.41) is 0.642. The molecule has 3 heterocycles. The van der Waals surface area contributed by atoms with Crippen LogP contribution in [0.4, 0.5) is 15.8 Å². The molecule has 36 heavy (non-hydrogen) atoms. The van der Waals surface area contributed by atoms with E-state index in [9.17, 15) is 21.6 Å². The predicted molar refractivity (Wildman–Crippen MR) is 136 cm³/mol. The molecule has 11 nitrogen and oxygen atoms in total. The van der Waals surface area contributed by atoms with Crippen molar-refractivity contribution in [2.75, 3.05) is 36.2 Å². The molecule has 1 fully saturated rings. The molecule has 0 bridgehead atoms. The van der Waals surface area contributed by atoms with Gasteiger partial charge in [0, 0.05) is 24.5 Å². The topological polar surface area (TPSA) is 162 Å². The first-order valence-electron chi connectivity index (χ1n) is 10.9. The third-order valence-electron chi connectivity index (χ3n) is 6.21. The molecule has 4 aromatic rings. The summed E-state index contributed by atoms with van der Waals surface area (Å²) < 4.78 is 64.1. The first kappa shape index (κ1) is 24.2. The minimum absolute atomic E-state index is 0.0167. The third kappa shape index (κ3) is 4.10. The number of imidazole rings is 1. The molecule has 2 aromatic carbocycles. The summed E-state index contributed by atoms with van der Waals surface area (Å²) in [7, 11) is -8.09. The van der Waals surface area contributed by atoms with E-state index in [0.29, 0.717) is 25.6 Å². The Morgan fingerprint density at radius 2 is 1.78 bits per heavy atom. The summed E-state index contributed by atoms with van der Waals surface area (Å²) in [5.74, 6) is -0.435. The van der Waals surface area contributed by atoms with Crippen LogP contribution in [0.3, 0.4) is 0 Å². The Kier molecular flexibility index (Phi) is 5.57. The number of sulfonamides is 2. The number of nitrogens with two attached hydrogens (primary N) is 1. The van der Waals surface area contributed by atoms with E-state index in [1.807, 2.05) is 0 Å². The highest BCUT2D eigenvalue weighted by Crippen LogP contribution is 2.33. The Labute approximate surface area is 205 Å². The number of nitrogens with zero attached hydrogens (tertiary/aromatic N) is 3. The van der Waals surface area contributed by atoms with Crippen LogP contribution < -0.4 is 16.2 Å². The van der Waals surface area contributed by atoms with Crippen LogP contribution in [0.15, 0.2) is 41.2 Å². The second kappa shape index (κ2) is 8.28. The third-order valence-corrected chi connectivity index (χ3v) is 9.73. The molecule has 0 radical (unpaired) electrons. The summed E-state index contributed by atoms with van der Waals surface area (Å²) in [6, 6.07) is 8.90. The molecule has 1 saturated heterocycles. The summed E-state index contributed by atoms with van der Waals surface area (Å²) in [6.45, 7) is 0.223. The molecule has 1 atom stereocenters. The van der Waals surface area contributed by atoms with Gasteiger partial charge in [-0.1, -0.05) is 21.9 Å². The number of H-pyrrole nitrogens is 2. The van der Waals surface area contributed by atoms with Gasteiger partial charge in [-0.3, -0.25) is 4.79 Å². The summed E-state index contributed by atoms with van der Waals surface area (Å²) in [4.78, 5) is 24.5. The Morgan fingerprint density at radius 3 is 2.47 bits per heavy atom. The second-order valence-electron chi connectivity index (χ2n) is 8.83. The van der Waals surface area contributed by atoms with E-state index in [2.05, 4.69) is 15.0 Å². The smallest absolute Gasteiger partial charge is 0.261 e. The van der Waals surface area contributed by atoms with Gasteiger partial charge in [0.25, 0.3) is 5.56 Å². The number of halogens is 1. The normalized spacial score (nSPS) is 17.0. The molecule has 0 saturated carbocycles. The van der Waals surface area contributed by atoms with E-state index in [4.69, 9.17) is 5.73 Å². The van der Waals surface area contributed by atoms with Crippen LogP contribution in [0.1, 0.15) is 6.42 Å². The van der Waals surface area contributed by atoms with Gasteiger partial charge < -0.3 is 20.6 Å². The Balaban J connectivity index is 1.53. The van der Waals surface area contributed by atoms with Crippen LogP contribution in [0, 0.1) is 5.82 Å². The molecule has 0 aliphatic carbocycles. The lowest BCUT2D eigenvalue weighted by Crippen LogP contribution is -2.44. The molecule has 2 aromatic heterocycles. The first-order valence-corrected chi connectivity index (χ1v) is 14.6. The van der Waals surface area contributed by atoms with Gasteiger partial charge in [-0.2, -0.15) is 0 Å². The molecule has 190 valence electrons. The number of aromatic amines is 2. The lowest BCUT2D eigenvalue weighted by molar-refractivity contribution is 0.446. The number of fused-ring (bicyclic) bond motifs is 2. The number of pyridine rings is 1. The number of nitrogen functional groups attached to an aromatic ring is 1. The van der Waals surface area contributed by atoms with Crippen molar-refractivity contribution in [1.82, 2.24) is 18.7 Å². The van der Waals surface area contributed by atoms with Gasteiger partial charge in [-0.15, -0.1) is 0 Å². The molecule has 1 aliphatic rings. The van der Waals surface area contributed by atoms with Crippen molar-refractivity contribution in [2.24, 2.45) is 0 Å². The zero-order chi connectivity index (χ0) is 26.0. The Bertz CT molecular complexity index is 1770. The van der Waals surface area contributed by atoms with Gasteiger partial charge in [0.05, 0.1) is 46.5 Å². The van der Waals surface area contributed by atoms with Gasteiger partial charge in [-0.05, 0) is 18.6 Å². The second-order valence-corrected chi connectivity index (χ2v) is 12.8. The van der Waals surface area contributed by atoms with Gasteiger partial charge in [0.2, 0.25) is 20.0 Å². The molecule has 0 amide bonds.